The van der Waals surface area contributed by atoms with E-state index in [1.165, 1.54) is 11.8 Å². The van der Waals surface area contributed by atoms with Crippen LogP contribution in [0.15, 0.2) is 43.0 Å². The first-order valence-electron chi connectivity index (χ1n) is 5.44. The fourth-order valence-electron chi connectivity index (χ4n) is 1.43. The van der Waals surface area contributed by atoms with Crippen molar-refractivity contribution in [3.05, 3.63) is 48.6 Å². The molecule has 0 radical (unpaired) electrons. The molecule has 3 nitrogen and oxygen atoms in total. The van der Waals surface area contributed by atoms with E-state index in [1.54, 1.807) is 6.08 Å². The Morgan fingerprint density at radius 3 is 2.76 bits per heavy atom. The predicted molar refractivity (Wildman–Crippen MR) is 72.3 cm³/mol. The van der Waals surface area contributed by atoms with Gasteiger partial charge < -0.3 is 10.4 Å². The third kappa shape index (κ3) is 5.56. The minimum Gasteiger partial charge on any atom is -0.481 e. The molecule has 1 rings (SSSR count). The molecule has 0 bridgehead atoms. The van der Waals surface area contributed by atoms with Crippen LogP contribution in [0.2, 0.25) is 0 Å². The Balaban J connectivity index is 2.58. The fraction of sp³-hybridized carbons (Fsp3) is 0.308. The largest absolute Gasteiger partial charge is 0.481 e. The van der Waals surface area contributed by atoms with Gasteiger partial charge in [-0.15, -0.1) is 18.3 Å². The monoisotopic (exact) mass is 251 g/mol. The molecule has 92 valence electrons. The Morgan fingerprint density at radius 1 is 1.47 bits per heavy atom. The SMILES string of the molecule is C=CCNCC(SCC(=O)O)c1ccccc1. The lowest BCUT2D eigenvalue weighted by Gasteiger charge is -2.16. The zero-order valence-electron chi connectivity index (χ0n) is 9.63. The smallest absolute Gasteiger partial charge is 0.313 e. The summed E-state index contributed by atoms with van der Waals surface area (Å²) in [5.41, 5.74) is 1.15. The number of carbonyl (C=O) groups is 1. The van der Waals surface area contributed by atoms with E-state index in [0.717, 1.165) is 18.7 Å². The van der Waals surface area contributed by atoms with Crippen molar-refractivity contribution < 1.29 is 9.90 Å². The van der Waals surface area contributed by atoms with E-state index in [4.69, 9.17) is 5.11 Å². The molecule has 17 heavy (non-hydrogen) atoms. The van der Waals surface area contributed by atoms with Crippen molar-refractivity contribution in [1.29, 1.82) is 0 Å². The number of carboxylic acid groups (broad SMARTS) is 1. The summed E-state index contributed by atoms with van der Waals surface area (Å²) in [6, 6.07) is 9.94. The van der Waals surface area contributed by atoms with Gasteiger partial charge in [0, 0.05) is 18.3 Å². The second kappa shape index (κ2) is 7.92. The molecule has 0 aliphatic heterocycles. The highest BCUT2D eigenvalue weighted by Gasteiger charge is 2.12. The van der Waals surface area contributed by atoms with E-state index in [2.05, 4.69) is 11.9 Å². The number of nitrogens with one attached hydrogen (secondary N) is 1. The maximum absolute atomic E-state index is 10.6. The molecule has 1 atom stereocenters. The second-order valence-corrected chi connectivity index (χ2v) is 4.74. The normalized spacial score (nSPS) is 12.0. The number of thioether (sulfide) groups is 1. The lowest BCUT2D eigenvalue weighted by Crippen LogP contribution is -2.20. The Morgan fingerprint density at radius 2 is 2.18 bits per heavy atom. The van der Waals surface area contributed by atoms with E-state index in [9.17, 15) is 4.79 Å². The molecule has 0 fully saturated rings. The first-order valence-corrected chi connectivity index (χ1v) is 6.49. The molecule has 4 heteroatoms. The quantitative estimate of drug-likeness (QED) is 0.550. The third-order valence-corrected chi connectivity index (χ3v) is 3.45. The van der Waals surface area contributed by atoms with Gasteiger partial charge >= 0.3 is 5.97 Å². The van der Waals surface area contributed by atoms with E-state index in [-0.39, 0.29) is 11.0 Å². The van der Waals surface area contributed by atoms with Crippen LogP contribution in [0.1, 0.15) is 10.8 Å². The van der Waals surface area contributed by atoms with Crippen molar-refractivity contribution >= 4 is 17.7 Å². The molecule has 1 aromatic rings. The summed E-state index contributed by atoms with van der Waals surface area (Å²) in [5.74, 6) is -0.658. The summed E-state index contributed by atoms with van der Waals surface area (Å²) in [5, 5.41) is 12.1. The number of benzene rings is 1. The van der Waals surface area contributed by atoms with E-state index >= 15 is 0 Å². The van der Waals surface area contributed by atoms with Gasteiger partial charge in [0.2, 0.25) is 0 Å². The van der Waals surface area contributed by atoms with Crippen LogP contribution in [0.3, 0.4) is 0 Å². The fourth-order valence-corrected chi connectivity index (χ4v) is 2.36. The van der Waals surface area contributed by atoms with Crippen molar-refractivity contribution in [3.63, 3.8) is 0 Å². The molecule has 0 saturated carbocycles. The molecule has 0 spiro atoms. The van der Waals surface area contributed by atoms with Crippen LogP contribution in [-0.2, 0) is 4.79 Å². The third-order valence-electron chi connectivity index (χ3n) is 2.20. The van der Waals surface area contributed by atoms with Gasteiger partial charge in [0.1, 0.15) is 0 Å². The van der Waals surface area contributed by atoms with E-state index in [1.807, 2.05) is 30.3 Å². The van der Waals surface area contributed by atoms with Gasteiger partial charge in [0.25, 0.3) is 0 Å². The highest BCUT2D eigenvalue weighted by atomic mass is 32.2. The Bertz CT molecular complexity index is 354. The molecule has 0 amide bonds. The molecule has 1 aromatic carbocycles. The summed E-state index contributed by atoms with van der Waals surface area (Å²) in [6.07, 6.45) is 1.80. The van der Waals surface area contributed by atoms with Crippen LogP contribution in [0, 0.1) is 0 Å². The number of aliphatic carboxylic acids is 1. The maximum Gasteiger partial charge on any atom is 0.313 e. The van der Waals surface area contributed by atoms with Gasteiger partial charge in [0.05, 0.1) is 5.75 Å². The van der Waals surface area contributed by atoms with Crippen LogP contribution < -0.4 is 5.32 Å². The van der Waals surface area contributed by atoms with E-state index in [0.29, 0.717) is 0 Å². The van der Waals surface area contributed by atoms with Crippen LogP contribution in [0.5, 0.6) is 0 Å². The molecular formula is C13H17NO2S. The average Bonchev–Trinajstić information content (AvgIpc) is 2.34. The van der Waals surface area contributed by atoms with Crippen LogP contribution in [0.25, 0.3) is 0 Å². The van der Waals surface area contributed by atoms with Gasteiger partial charge in [-0.3, -0.25) is 4.79 Å². The maximum atomic E-state index is 10.6. The highest BCUT2D eigenvalue weighted by Crippen LogP contribution is 2.27. The standard InChI is InChI=1S/C13H17NO2S/c1-2-8-14-9-12(17-10-13(15)16)11-6-4-3-5-7-11/h2-7,12,14H,1,8-10H2,(H,15,16). The van der Waals surface area contributed by atoms with Gasteiger partial charge in [-0.2, -0.15) is 0 Å². The number of hydrogen-bond acceptors (Lipinski definition) is 3. The Hall–Kier alpha value is -1.26. The number of carboxylic acids is 1. The summed E-state index contributed by atoms with van der Waals surface area (Å²) < 4.78 is 0. The molecule has 0 aliphatic rings. The molecule has 2 N–H and O–H groups in total. The molecule has 0 saturated heterocycles. The zero-order valence-corrected chi connectivity index (χ0v) is 10.5. The molecule has 1 unspecified atom stereocenters. The minimum atomic E-state index is -0.778. The molecule has 0 aromatic heterocycles. The van der Waals surface area contributed by atoms with Gasteiger partial charge in [-0.1, -0.05) is 36.4 Å². The first-order chi connectivity index (χ1) is 8.24. The highest BCUT2D eigenvalue weighted by molar-refractivity contribution is 8.00. The minimum absolute atomic E-state index is 0.120. The van der Waals surface area contributed by atoms with Crippen molar-refractivity contribution in [2.45, 2.75) is 5.25 Å². The van der Waals surface area contributed by atoms with Crippen molar-refractivity contribution in [2.24, 2.45) is 0 Å². The first kappa shape index (κ1) is 13.8. The van der Waals surface area contributed by atoms with Gasteiger partial charge in [0.15, 0.2) is 0 Å². The Kier molecular flexibility index (Phi) is 6.43. The van der Waals surface area contributed by atoms with Crippen molar-refractivity contribution in [3.8, 4) is 0 Å². The van der Waals surface area contributed by atoms with Crippen LogP contribution in [-0.4, -0.2) is 29.9 Å². The Labute approximate surface area is 106 Å². The zero-order chi connectivity index (χ0) is 12.5. The van der Waals surface area contributed by atoms with Gasteiger partial charge in [-0.25, -0.2) is 0 Å². The number of rotatable bonds is 8. The molecular weight excluding hydrogens is 234 g/mol. The average molecular weight is 251 g/mol. The topological polar surface area (TPSA) is 49.3 Å². The molecule has 0 aliphatic carbocycles. The number of hydrogen-bond donors (Lipinski definition) is 2. The predicted octanol–water partition coefficient (Wildman–Crippen LogP) is 2.32. The second-order valence-electron chi connectivity index (χ2n) is 3.55. The van der Waals surface area contributed by atoms with Crippen molar-refractivity contribution in [2.75, 3.05) is 18.8 Å². The lowest BCUT2D eigenvalue weighted by atomic mass is 10.1. The molecule has 0 heterocycles. The van der Waals surface area contributed by atoms with Crippen LogP contribution >= 0.6 is 11.8 Å². The van der Waals surface area contributed by atoms with Gasteiger partial charge in [-0.05, 0) is 5.56 Å². The lowest BCUT2D eigenvalue weighted by molar-refractivity contribution is -0.133. The summed E-state index contributed by atoms with van der Waals surface area (Å²) in [4.78, 5) is 10.6. The summed E-state index contributed by atoms with van der Waals surface area (Å²) >= 11 is 1.44. The van der Waals surface area contributed by atoms with Crippen molar-refractivity contribution in [1.82, 2.24) is 5.32 Å². The summed E-state index contributed by atoms with van der Waals surface area (Å²) in [6.45, 7) is 5.12. The van der Waals surface area contributed by atoms with E-state index < -0.39 is 5.97 Å². The summed E-state index contributed by atoms with van der Waals surface area (Å²) in [7, 11) is 0. The van der Waals surface area contributed by atoms with Crippen LogP contribution in [0.4, 0.5) is 0 Å².